The second-order valence-corrected chi connectivity index (χ2v) is 18.5. The molecule has 4 unspecified atom stereocenters. The van der Waals surface area contributed by atoms with E-state index in [1.165, 1.54) is 0 Å². The van der Waals surface area contributed by atoms with Gasteiger partial charge in [-0.1, -0.05) is 57.2 Å². The smallest absolute Gasteiger partial charge is 0.408 e. The van der Waals surface area contributed by atoms with E-state index in [1.807, 2.05) is 59.7 Å². The third-order valence-electron chi connectivity index (χ3n) is 12.7. The first-order chi connectivity index (χ1) is 30.1. The van der Waals surface area contributed by atoms with Gasteiger partial charge < -0.3 is 58.5 Å². The number of amides is 1. The van der Waals surface area contributed by atoms with Crippen molar-refractivity contribution in [1.29, 1.82) is 0 Å². The number of nitrogens with zero attached hydrogens (tertiary/aromatic N) is 1. The van der Waals surface area contributed by atoms with Crippen molar-refractivity contribution in [3.05, 3.63) is 83.1 Å². The molecule has 3 heterocycles. The highest BCUT2D eigenvalue weighted by atomic mass is 16.7. The highest BCUT2D eigenvalue weighted by Gasteiger charge is 2.53. The standard InChI is InChI=1S/C48H69N3O13/c1-13-36(52)48(9)39(50-45(56)64-48)31(5)49-26-28(2)25-47(8,57-12)40(29(3)37-30(4)41(53)63-46(6,7)62-37)61-44-38(60-43(55)33-22-18-15-19-23-33)35(51(10)11)24-34(59-44)27-58-42(54)32-20-16-14-17-21-32/h14-23,28-29,31,34-36,38-40,44,49,52H,13,24-27H2,1-12H3,(H,50,56)/t28-,29+,31-,34?,35?,36-,38?,39-,40-,44?,47-,48-/m1/s1. The first kappa shape index (κ1) is 50.4. The van der Waals surface area contributed by atoms with Crippen LogP contribution in [0.3, 0.4) is 0 Å². The van der Waals surface area contributed by atoms with Crippen LogP contribution >= 0.6 is 0 Å². The first-order valence-electron chi connectivity index (χ1n) is 22.2. The second-order valence-electron chi connectivity index (χ2n) is 18.5. The largest absolute Gasteiger partial charge is 0.459 e. The van der Waals surface area contributed by atoms with Crippen molar-refractivity contribution in [2.24, 2.45) is 11.8 Å². The molecule has 0 saturated carbocycles. The summed E-state index contributed by atoms with van der Waals surface area (Å²) in [6, 6.07) is 16.0. The van der Waals surface area contributed by atoms with E-state index < -0.39 is 89.7 Å². The molecule has 2 aromatic carbocycles. The summed E-state index contributed by atoms with van der Waals surface area (Å²) in [6.07, 6.45) is -4.24. The Morgan fingerprint density at radius 1 is 0.969 bits per heavy atom. The molecule has 3 N–H and O–H groups in total. The Kier molecular flexibility index (Phi) is 16.7. The van der Waals surface area contributed by atoms with Crippen molar-refractivity contribution >= 4 is 24.0 Å². The number of nitrogens with one attached hydrogen (secondary N) is 2. The fourth-order valence-corrected chi connectivity index (χ4v) is 9.07. The minimum Gasteiger partial charge on any atom is -0.459 e. The van der Waals surface area contributed by atoms with Gasteiger partial charge in [0.1, 0.15) is 12.4 Å². The molecule has 5 rings (SSSR count). The van der Waals surface area contributed by atoms with Gasteiger partial charge in [-0.05, 0) is 97.8 Å². The van der Waals surface area contributed by atoms with Crippen LogP contribution in [0.5, 0.6) is 0 Å². The lowest BCUT2D eigenvalue weighted by atomic mass is 9.80. The maximum absolute atomic E-state index is 13.9. The summed E-state index contributed by atoms with van der Waals surface area (Å²) in [5, 5.41) is 17.3. The Labute approximate surface area is 377 Å². The number of alkyl carbamates (subject to hydrolysis) is 1. The maximum Gasteiger partial charge on any atom is 0.408 e. The molecule has 3 aliphatic heterocycles. The number of ether oxygens (including phenoxy) is 8. The Hall–Kier alpha value is -4.58. The van der Waals surface area contributed by atoms with E-state index in [4.69, 9.17) is 37.9 Å². The summed E-state index contributed by atoms with van der Waals surface area (Å²) in [5.41, 5.74) is -1.29. The van der Waals surface area contributed by atoms with E-state index >= 15 is 0 Å². The van der Waals surface area contributed by atoms with E-state index in [2.05, 4.69) is 10.6 Å². The number of methoxy groups -OCH3 is 1. The van der Waals surface area contributed by atoms with Gasteiger partial charge in [-0.2, -0.15) is 0 Å². The molecule has 2 fully saturated rings. The van der Waals surface area contributed by atoms with Crippen molar-refractivity contribution in [2.45, 2.75) is 147 Å². The van der Waals surface area contributed by atoms with E-state index in [0.29, 0.717) is 42.7 Å². The number of hydrogen-bond acceptors (Lipinski definition) is 15. The number of benzene rings is 2. The molecular weight excluding hydrogens is 827 g/mol. The van der Waals surface area contributed by atoms with Crippen LogP contribution in [-0.4, -0.2) is 134 Å². The number of esters is 3. The summed E-state index contributed by atoms with van der Waals surface area (Å²) in [4.78, 5) is 54.6. The minimum absolute atomic E-state index is 0.103. The second kappa shape index (κ2) is 21.2. The van der Waals surface area contributed by atoms with E-state index in [-0.39, 0.29) is 24.1 Å². The van der Waals surface area contributed by atoms with Gasteiger partial charge in [0.05, 0.1) is 52.7 Å². The van der Waals surface area contributed by atoms with Crippen LogP contribution in [-0.2, 0) is 42.7 Å². The Morgan fingerprint density at radius 2 is 1.58 bits per heavy atom. The molecule has 1 amide bonds. The lowest BCUT2D eigenvalue weighted by molar-refractivity contribution is -0.302. The van der Waals surface area contributed by atoms with Crippen molar-refractivity contribution in [2.75, 3.05) is 34.4 Å². The molecule has 16 heteroatoms. The molecule has 0 radical (unpaired) electrons. The normalized spacial score (nSPS) is 27.8. The van der Waals surface area contributed by atoms with E-state index in [1.54, 1.807) is 89.4 Å². The maximum atomic E-state index is 13.9. The number of rotatable bonds is 20. The van der Waals surface area contributed by atoms with Crippen LogP contribution < -0.4 is 10.6 Å². The number of likely N-dealkylation sites (N-methyl/N-ethyl adjacent to an activating group) is 1. The molecule has 2 aromatic rings. The minimum atomic E-state index is -1.29. The van der Waals surface area contributed by atoms with Crippen LogP contribution in [0.1, 0.15) is 102 Å². The topological polar surface area (TPSA) is 190 Å². The van der Waals surface area contributed by atoms with Gasteiger partial charge in [0, 0.05) is 32.9 Å². The molecule has 0 aromatic heterocycles. The molecule has 354 valence electrons. The molecule has 3 aliphatic rings. The fourth-order valence-electron chi connectivity index (χ4n) is 9.07. The summed E-state index contributed by atoms with van der Waals surface area (Å²) in [6.45, 7) is 16.6. The van der Waals surface area contributed by atoms with Gasteiger partial charge in [-0.15, -0.1) is 0 Å². The average Bonchev–Trinajstić information content (AvgIpc) is 3.59. The predicted molar refractivity (Wildman–Crippen MR) is 236 cm³/mol. The first-order valence-corrected chi connectivity index (χ1v) is 22.2. The summed E-state index contributed by atoms with van der Waals surface area (Å²) >= 11 is 0. The van der Waals surface area contributed by atoms with Gasteiger partial charge >= 0.3 is 24.0 Å². The van der Waals surface area contributed by atoms with Gasteiger partial charge in [-0.3, -0.25) is 0 Å². The third-order valence-corrected chi connectivity index (χ3v) is 12.7. The quantitative estimate of drug-likeness (QED) is 0.107. The van der Waals surface area contributed by atoms with Crippen molar-refractivity contribution in [3.63, 3.8) is 0 Å². The van der Waals surface area contributed by atoms with Crippen LogP contribution in [0, 0.1) is 11.8 Å². The number of aliphatic hydroxyl groups excluding tert-OH is 1. The lowest BCUT2D eigenvalue weighted by Crippen LogP contribution is -2.61. The number of aliphatic hydroxyl groups is 1. The average molecular weight is 896 g/mol. The SMILES string of the molecule is CC[C@@H](O)[C@@]1(C)OC(=O)N[C@@H]1[C@@H](C)NC[C@H](C)C[C@@](C)(OC)[C@H](OC1OC(COC(=O)c2ccccc2)CC(N(C)C)C1OC(=O)c1ccccc1)[C@@H](C)C1=C(C)C(=O)OC(C)(C)O1. The van der Waals surface area contributed by atoms with Gasteiger partial charge in [0.15, 0.2) is 18.0 Å². The van der Waals surface area contributed by atoms with Crippen LogP contribution in [0.4, 0.5) is 4.79 Å². The summed E-state index contributed by atoms with van der Waals surface area (Å²) < 4.78 is 50.0. The number of carbonyl (C=O) groups is 4. The van der Waals surface area contributed by atoms with Crippen LogP contribution in [0.15, 0.2) is 72.0 Å². The van der Waals surface area contributed by atoms with Crippen molar-refractivity contribution < 1.29 is 62.2 Å². The van der Waals surface area contributed by atoms with E-state index in [0.717, 1.165) is 0 Å². The monoisotopic (exact) mass is 895 g/mol. The molecule has 0 spiro atoms. The van der Waals surface area contributed by atoms with E-state index in [9.17, 15) is 24.3 Å². The highest BCUT2D eigenvalue weighted by Crippen LogP contribution is 2.41. The molecule has 2 saturated heterocycles. The van der Waals surface area contributed by atoms with Crippen molar-refractivity contribution in [1.82, 2.24) is 15.5 Å². The van der Waals surface area contributed by atoms with Crippen LogP contribution in [0.25, 0.3) is 0 Å². The number of cyclic esters (lactones) is 2. The Balaban J connectivity index is 1.50. The van der Waals surface area contributed by atoms with Crippen LogP contribution in [0.2, 0.25) is 0 Å². The fraction of sp³-hybridized carbons (Fsp3) is 0.625. The molecule has 0 bridgehead atoms. The number of hydrogen-bond donors (Lipinski definition) is 3. The molecular formula is C48H69N3O13. The summed E-state index contributed by atoms with van der Waals surface area (Å²) in [5.74, 6) is -3.37. The Bertz CT molecular complexity index is 1950. The van der Waals surface area contributed by atoms with Gasteiger partial charge in [-0.25, -0.2) is 19.2 Å². The van der Waals surface area contributed by atoms with Gasteiger partial charge in [0.2, 0.25) is 5.79 Å². The van der Waals surface area contributed by atoms with Gasteiger partial charge in [0.25, 0.3) is 0 Å². The highest BCUT2D eigenvalue weighted by molar-refractivity contribution is 5.90. The lowest BCUT2D eigenvalue weighted by Gasteiger charge is -2.48. The molecule has 12 atom stereocenters. The zero-order chi connectivity index (χ0) is 47.1. The molecule has 0 aliphatic carbocycles. The zero-order valence-electron chi connectivity index (χ0n) is 39.4. The Morgan fingerprint density at radius 3 is 2.16 bits per heavy atom. The molecule has 16 nitrogen and oxygen atoms in total. The third kappa shape index (κ3) is 11.8. The van der Waals surface area contributed by atoms with Crippen molar-refractivity contribution in [3.8, 4) is 0 Å². The molecule has 64 heavy (non-hydrogen) atoms. The zero-order valence-corrected chi connectivity index (χ0v) is 39.4. The predicted octanol–water partition coefficient (Wildman–Crippen LogP) is 5.77. The number of carbonyl (C=O) groups excluding carboxylic acids is 4. The summed E-state index contributed by atoms with van der Waals surface area (Å²) in [7, 11) is 5.31.